The van der Waals surface area contributed by atoms with E-state index < -0.39 is 30.2 Å². The number of carbonyl (C=O) groups is 2. The highest BCUT2D eigenvalue weighted by molar-refractivity contribution is 5.87. The molecule has 0 aromatic heterocycles. The van der Waals surface area contributed by atoms with Gasteiger partial charge in [0.15, 0.2) is 0 Å². The number of fused-ring (bicyclic) bond motifs is 1. The normalized spacial score (nSPS) is 16.6. The summed E-state index contributed by atoms with van der Waals surface area (Å²) in [6.07, 6.45) is -0.490. The lowest BCUT2D eigenvalue weighted by molar-refractivity contribution is -0.138. The van der Waals surface area contributed by atoms with Gasteiger partial charge in [0.05, 0.1) is 24.6 Å². The van der Waals surface area contributed by atoms with Crippen LogP contribution in [0.4, 0.5) is 18.0 Å². The maximum absolute atomic E-state index is 13.2. The number of carboxylic acids is 1. The lowest BCUT2D eigenvalue weighted by atomic mass is 9.96. The molecule has 6 nitrogen and oxygen atoms in total. The summed E-state index contributed by atoms with van der Waals surface area (Å²) in [5, 5.41) is 9.37. The third-order valence-corrected chi connectivity index (χ3v) is 6.85. The molecule has 4 rings (SSSR count). The number of aliphatic carboxylic acids is 1. The van der Waals surface area contributed by atoms with Crippen LogP contribution in [0.3, 0.4) is 0 Å². The number of amides is 2. The summed E-state index contributed by atoms with van der Waals surface area (Å²) in [6.45, 7) is 1.97. The molecule has 192 valence electrons. The van der Waals surface area contributed by atoms with Crippen LogP contribution >= 0.6 is 0 Å². The van der Waals surface area contributed by atoms with Crippen molar-refractivity contribution < 1.29 is 27.9 Å². The van der Waals surface area contributed by atoms with E-state index in [1.54, 1.807) is 4.90 Å². The number of benzene rings is 2. The predicted molar refractivity (Wildman–Crippen MR) is 130 cm³/mol. The lowest BCUT2D eigenvalue weighted by Gasteiger charge is -2.28. The highest BCUT2D eigenvalue weighted by Crippen LogP contribution is 2.34. The standard InChI is InChI=1S/C27H30F3N3O3/c28-27(29,30)22-10-6-9-20(15-22)24(17-25(34)35)33-14-13-32(26(33)36)12-5-1-2-11-23-16-19-7-3-4-8-21(19)18-31-23/h3-4,6-10,15,24H,1-2,5,11-14,16-18H2,(H,34,35). The number of rotatable bonds is 10. The van der Waals surface area contributed by atoms with Crippen LogP contribution in [-0.2, 0) is 23.9 Å². The first-order valence-corrected chi connectivity index (χ1v) is 12.3. The van der Waals surface area contributed by atoms with Gasteiger partial charge in [-0.2, -0.15) is 13.2 Å². The van der Waals surface area contributed by atoms with Crippen LogP contribution in [0.1, 0.15) is 60.4 Å². The lowest BCUT2D eigenvalue weighted by Crippen LogP contribution is -2.36. The fourth-order valence-corrected chi connectivity index (χ4v) is 4.93. The van der Waals surface area contributed by atoms with E-state index in [9.17, 15) is 27.9 Å². The summed E-state index contributed by atoms with van der Waals surface area (Å²) in [5.74, 6) is -1.17. The molecule has 0 bridgehead atoms. The SMILES string of the molecule is O=C(O)CC(c1cccc(C(F)(F)F)c1)N1CCN(CCCCCC2=NCc3ccccc3C2)C1=O. The number of carbonyl (C=O) groups excluding carboxylic acids is 1. The van der Waals surface area contributed by atoms with Crippen LogP contribution in [0, 0.1) is 0 Å². The van der Waals surface area contributed by atoms with Crippen LogP contribution in [0.15, 0.2) is 53.5 Å². The molecular weight excluding hydrogens is 471 g/mol. The highest BCUT2D eigenvalue weighted by Gasteiger charge is 2.37. The molecule has 0 spiro atoms. The van der Waals surface area contributed by atoms with Crippen LogP contribution < -0.4 is 0 Å². The average molecular weight is 502 g/mol. The quantitative estimate of drug-likeness (QED) is 0.424. The van der Waals surface area contributed by atoms with Gasteiger partial charge in [0, 0.05) is 31.8 Å². The zero-order chi connectivity index (χ0) is 25.7. The Morgan fingerprint density at radius 2 is 1.81 bits per heavy atom. The number of unbranched alkanes of at least 4 members (excludes halogenated alkanes) is 2. The Hall–Kier alpha value is -3.36. The maximum Gasteiger partial charge on any atom is 0.416 e. The molecule has 2 aliphatic rings. The molecular formula is C27H30F3N3O3. The molecule has 1 N–H and O–H groups in total. The van der Waals surface area contributed by atoms with E-state index in [0.29, 0.717) is 13.1 Å². The second-order valence-electron chi connectivity index (χ2n) is 9.34. The maximum atomic E-state index is 13.2. The third kappa shape index (κ3) is 6.25. The van der Waals surface area contributed by atoms with Gasteiger partial charge in [0.2, 0.25) is 0 Å². The molecule has 2 aliphatic heterocycles. The Morgan fingerprint density at radius 3 is 2.56 bits per heavy atom. The average Bonchev–Trinajstić information content (AvgIpc) is 3.21. The first-order chi connectivity index (χ1) is 17.2. The van der Waals surface area contributed by atoms with Crippen molar-refractivity contribution in [2.24, 2.45) is 4.99 Å². The number of halogens is 3. The van der Waals surface area contributed by atoms with E-state index in [2.05, 4.69) is 17.1 Å². The van der Waals surface area contributed by atoms with Crippen LogP contribution in [0.25, 0.3) is 0 Å². The van der Waals surface area contributed by atoms with Crippen molar-refractivity contribution >= 4 is 17.7 Å². The monoisotopic (exact) mass is 501 g/mol. The molecule has 36 heavy (non-hydrogen) atoms. The van der Waals surface area contributed by atoms with Gasteiger partial charge in [-0.05, 0) is 48.1 Å². The molecule has 0 saturated carbocycles. The highest BCUT2D eigenvalue weighted by atomic mass is 19.4. The summed E-state index contributed by atoms with van der Waals surface area (Å²) in [5.41, 5.74) is 3.14. The van der Waals surface area contributed by atoms with Gasteiger partial charge in [-0.15, -0.1) is 0 Å². The van der Waals surface area contributed by atoms with E-state index in [4.69, 9.17) is 0 Å². The number of urea groups is 1. The van der Waals surface area contributed by atoms with Gasteiger partial charge in [-0.3, -0.25) is 9.79 Å². The fourth-order valence-electron chi connectivity index (χ4n) is 4.93. The first-order valence-electron chi connectivity index (χ1n) is 12.3. The van der Waals surface area contributed by atoms with Gasteiger partial charge >= 0.3 is 18.2 Å². The van der Waals surface area contributed by atoms with Crippen LogP contribution in [0.2, 0.25) is 0 Å². The summed E-state index contributed by atoms with van der Waals surface area (Å²) in [7, 11) is 0. The predicted octanol–water partition coefficient (Wildman–Crippen LogP) is 5.72. The summed E-state index contributed by atoms with van der Waals surface area (Å²) < 4.78 is 39.6. The number of carboxylic acid groups (broad SMARTS) is 1. The van der Waals surface area contributed by atoms with Gasteiger partial charge in [0.25, 0.3) is 0 Å². The van der Waals surface area contributed by atoms with Crippen molar-refractivity contribution in [2.45, 2.75) is 57.3 Å². The zero-order valence-corrected chi connectivity index (χ0v) is 20.0. The van der Waals surface area contributed by atoms with Gasteiger partial charge in [0.1, 0.15) is 0 Å². The minimum absolute atomic E-state index is 0.178. The Morgan fingerprint density at radius 1 is 1.03 bits per heavy atom. The van der Waals surface area contributed by atoms with Gasteiger partial charge < -0.3 is 14.9 Å². The molecule has 2 aromatic rings. The van der Waals surface area contributed by atoms with E-state index in [0.717, 1.165) is 50.8 Å². The number of alkyl halides is 3. The Labute approximate surface area is 208 Å². The van der Waals surface area contributed by atoms with E-state index in [1.165, 1.54) is 33.9 Å². The van der Waals surface area contributed by atoms with Crippen molar-refractivity contribution in [2.75, 3.05) is 19.6 Å². The van der Waals surface area contributed by atoms with Crippen LogP contribution in [-0.4, -0.2) is 52.3 Å². The first kappa shape index (κ1) is 25.7. The molecule has 0 aliphatic carbocycles. The molecule has 0 radical (unpaired) electrons. The van der Waals surface area contributed by atoms with Crippen molar-refractivity contribution in [1.29, 1.82) is 0 Å². The zero-order valence-electron chi connectivity index (χ0n) is 20.0. The molecule has 2 heterocycles. The van der Waals surface area contributed by atoms with Crippen molar-refractivity contribution in [3.8, 4) is 0 Å². The number of nitrogens with zero attached hydrogens (tertiary/aromatic N) is 3. The van der Waals surface area contributed by atoms with Gasteiger partial charge in [-0.25, -0.2) is 4.79 Å². The van der Waals surface area contributed by atoms with E-state index >= 15 is 0 Å². The topological polar surface area (TPSA) is 73.2 Å². The summed E-state index contributed by atoms with van der Waals surface area (Å²) in [6, 6.07) is 11.6. The Bertz CT molecular complexity index is 1130. The number of aliphatic imine (C=N–C) groups is 1. The molecule has 1 atom stereocenters. The number of hydrogen-bond donors (Lipinski definition) is 1. The van der Waals surface area contributed by atoms with Crippen molar-refractivity contribution in [3.63, 3.8) is 0 Å². The molecule has 2 aromatic carbocycles. The van der Waals surface area contributed by atoms with Crippen molar-refractivity contribution in [1.82, 2.24) is 9.80 Å². The molecule has 1 saturated heterocycles. The molecule has 2 amide bonds. The molecule has 9 heteroatoms. The van der Waals surface area contributed by atoms with E-state index in [-0.39, 0.29) is 18.1 Å². The van der Waals surface area contributed by atoms with Crippen molar-refractivity contribution in [3.05, 3.63) is 70.8 Å². The molecule has 1 unspecified atom stereocenters. The number of hydrogen-bond acceptors (Lipinski definition) is 3. The second kappa shape index (κ2) is 11.1. The largest absolute Gasteiger partial charge is 0.481 e. The summed E-state index contributed by atoms with van der Waals surface area (Å²) >= 11 is 0. The molecule has 1 fully saturated rings. The Kier molecular flexibility index (Phi) is 7.96. The van der Waals surface area contributed by atoms with Gasteiger partial charge in [-0.1, -0.05) is 42.8 Å². The summed E-state index contributed by atoms with van der Waals surface area (Å²) in [4.78, 5) is 32.2. The third-order valence-electron chi connectivity index (χ3n) is 6.85. The van der Waals surface area contributed by atoms with Crippen LogP contribution in [0.5, 0.6) is 0 Å². The Balaban J connectivity index is 1.29. The second-order valence-corrected chi connectivity index (χ2v) is 9.34. The van der Waals surface area contributed by atoms with E-state index in [1.807, 2.05) is 12.1 Å². The minimum atomic E-state index is -4.54. The minimum Gasteiger partial charge on any atom is -0.481 e. The fraction of sp³-hybridized carbons (Fsp3) is 0.444. The smallest absolute Gasteiger partial charge is 0.416 e.